The number of ether oxygens (including phenoxy) is 1. The van der Waals surface area contributed by atoms with Gasteiger partial charge in [0.05, 0.1) is 30.1 Å². The molecule has 0 aliphatic rings. The number of nitrogens with zero attached hydrogens (tertiary/aromatic N) is 1. The number of nitrogens with one attached hydrogen (secondary N) is 2. The lowest BCUT2D eigenvalue weighted by molar-refractivity contribution is 0.0895. The number of carbonyl (C=O) groups is 1. The second kappa shape index (κ2) is 7.66. The minimum absolute atomic E-state index is 0.0325. The molecule has 100 valence electrons. The summed E-state index contributed by atoms with van der Waals surface area (Å²) in [7, 11) is 1.63. The first-order valence-corrected chi connectivity index (χ1v) is 6.20. The smallest absolute Gasteiger partial charge is 0.253 e. The zero-order valence-electron chi connectivity index (χ0n) is 11.2. The molecule has 1 heterocycles. The maximum absolute atomic E-state index is 12.2. The number of methoxy groups -OCH3 is 1. The van der Waals surface area contributed by atoms with Gasteiger partial charge >= 0.3 is 0 Å². The Balaban J connectivity index is 2.76. The summed E-state index contributed by atoms with van der Waals surface area (Å²) in [6.45, 7) is 5.27. The quantitative estimate of drug-likeness (QED) is 0.773. The Bertz CT molecular complexity index is 382. The third kappa shape index (κ3) is 4.00. The molecule has 1 aromatic rings. The monoisotopic (exact) mass is 251 g/mol. The Hall–Kier alpha value is -1.62. The molecule has 0 radical (unpaired) electrons. The average Bonchev–Trinajstić information content (AvgIpc) is 2.39. The van der Waals surface area contributed by atoms with Crippen LogP contribution in [0, 0.1) is 0 Å². The van der Waals surface area contributed by atoms with Crippen molar-refractivity contribution in [2.24, 2.45) is 0 Å². The van der Waals surface area contributed by atoms with Crippen LogP contribution in [-0.2, 0) is 4.74 Å². The van der Waals surface area contributed by atoms with Gasteiger partial charge in [0.1, 0.15) is 0 Å². The number of pyridine rings is 1. The van der Waals surface area contributed by atoms with E-state index in [-0.39, 0.29) is 11.9 Å². The highest BCUT2D eigenvalue weighted by molar-refractivity contribution is 5.99. The number of rotatable bonds is 7. The van der Waals surface area contributed by atoms with Crippen molar-refractivity contribution in [1.82, 2.24) is 10.3 Å². The van der Waals surface area contributed by atoms with Gasteiger partial charge in [0.2, 0.25) is 0 Å². The Labute approximate surface area is 108 Å². The van der Waals surface area contributed by atoms with E-state index in [1.54, 1.807) is 25.6 Å². The standard InChI is InChI=1S/C13H21N3O2/c1-4-10(9-18-3)16-13(17)11-6-7-14-8-12(11)15-5-2/h6-8,10,15H,4-5,9H2,1-3H3,(H,16,17). The topological polar surface area (TPSA) is 63.2 Å². The van der Waals surface area contributed by atoms with Gasteiger partial charge in [-0.15, -0.1) is 0 Å². The lowest BCUT2D eigenvalue weighted by Gasteiger charge is -2.17. The van der Waals surface area contributed by atoms with E-state index in [1.807, 2.05) is 13.8 Å². The summed E-state index contributed by atoms with van der Waals surface area (Å²) >= 11 is 0. The minimum atomic E-state index is -0.0998. The largest absolute Gasteiger partial charge is 0.383 e. The molecule has 0 spiro atoms. The molecule has 18 heavy (non-hydrogen) atoms. The molecule has 0 aromatic carbocycles. The van der Waals surface area contributed by atoms with Gasteiger partial charge in [-0.2, -0.15) is 0 Å². The van der Waals surface area contributed by atoms with Crippen molar-refractivity contribution < 1.29 is 9.53 Å². The van der Waals surface area contributed by atoms with E-state index in [4.69, 9.17) is 4.74 Å². The van der Waals surface area contributed by atoms with E-state index < -0.39 is 0 Å². The zero-order chi connectivity index (χ0) is 13.4. The molecule has 1 rings (SSSR count). The first-order chi connectivity index (χ1) is 8.72. The normalized spacial score (nSPS) is 11.9. The zero-order valence-corrected chi connectivity index (χ0v) is 11.2. The van der Waals surface area contributed by atoms with Crippen LogP contribution in [-0.4, -0.2) is 37.2 Å². The van der Waals surface area contributed by atoms with Crippen molar-refractivity contribution >= 4 is 11.6 Å². The Morgan fingerprint density at radius 3 is 2.89 bits per heavy atom. The fourth-order valence-electron chi connectivity index (χ4n) is 1.65. The second-order valence-electron chi connectivity index (χ2n) is 3.99. The summed E-state index contributed by atoms with van der Waals surface area (Å²) in [6, 6.07) is 1.75. The molecule has 0 bridgehead atoms. The van der Waals surface area contributed by atoms with Crippen LogP contribution < -0.4 is 10.6 Å². The number of carbonyl (C=O) groups excluding carboxylic acids is 1. The SMILES string of the molecule is CCNc1cnccc1C(=O)NC(CC)COC. The number of anilines is 1. The van der Waals surface area contributed by atoms with Crippen LogP contribution in [0.5, 0.6) is 0 Å². The first kappa shape index (κ1) is 14.4. The molecule has 0 aliphatic heterocycles. The van der Waals surface area contributed by atoms with Crippen LogP contribution in [0.2, 0.25) is 0 Å². The molecule has 0 saturated carbocycles. The van der Waals surface area contributed by atoms with Crippen LogP contribution in [0.15, 0.2) is 18.5 Å². The van der Waals surface area contributed by atoms with Gasteiger partial charge in [0.25, 0.3) is 5.91 Å². The lowest BCUT2D eigenvalue weighted by Crippen LogP contribution is -2.37. The van der Waals surface area contributed by atoms with Gasteiger partial charge in [0, 0.05) is 19.9 Å². The molecule has 1 amide bonds. The Morgan fingerprint density at radius 2 is 2.28 bits per heavy atom. The fraction of sp³-hybridized carbons (Fsp3) is 0.538. The van der Waals surface area contributed by atoms with Crippen LogP contribution in [0.4, 0.5) is 5.69 Å². The average molecular weight is 251 g/mol. The number of hydrogen-bond acceptors (Lipinski definition) is 4. The molecule has 5 heteroatoms. The molecule has 0 saturated heterocycles. The van der Waals surface area contributed by atoms with Crippen molar-refractivity contribution in [3.8, 4) is 0 Å². The maximum atomic E-state index is 12.2. The van der Waals surface area contributed by atoms with Crippen molar-refractivity contribution in [3.63, 3.8) is 0 Å². The second-order valence-corrected chi connectivity index (χ2v) is 3.99. The van der Waals surface area contributed by atoms with Gasteiger partial charge in [0.15, 0.2) is 0 Å². The molecule has 2 N–H and O–H groups in total. The molecular formula is C13H21N3O2. The molecule has 0 aliphatic carbocycles. The van der Waals surface area contributed by atoms with Crippen molar-refractivity contribution in [3.05, 3.63) is 24.0 Å². The molecular weight excluding hydrogens is 230 g/mol. The minimum Gasteiger partial charge on any atom is -0.383 e. The molecule has 5 nitrogen and oxygen atoms in total. The Kier molecular flexibility index (Phi) is 6.14. The fourth-order valence-corrected chi connectivity index (χ4v) is 1.65. The van der Waals surface area contributed by atoms with E-state index in [1.165, 1.54) is 0 Å². The highest BCUT2D eigenvalue weighted by atomic mass is 16.5. The summed E-state index contributed by atoms with van der Waals surface area (Å²) in [5.74, 6) is -0.0998. The maximum Gasteiger partial charge on any atom is 0.253 e. The summed E-state index contributed by atoms with van der Waals surface area (Å²) in [5, 5.41) is 6.08. The molecule has 1 unspecified atom stereocenters. The van der Waals surface area contributed by atoms with Crippen LogP contribution >= 0.6 is 0 Å². The van der Waals surface area contributed by atoms with Crippen LogP contribution in [0.3, 0.4) is 0 Å². The van der Waals surface area contributed by atoms with Gasteiger partial charge in [-0.25, -0.2) is 0 Å². The van der Waals surface area contributed by atoms with Gasteiger partial charge < -0.3 is 15.4 Å². The van der Waals surface area contributed by atoms with E-state index in [0.717, 1.165) is 18.7 Å². The lowest BCUT2D eigenvalue weighted by atomic mass is 10.1. The molecule has 0 fully saturated rings. The third-order valence-corrected chi connectivity index (χ3v) is 2.63. The van der Waals surface area contributed by atoms with Crippen LogP contribution in [0.25, 0.3) is 0 Å². The summed E-state index contributed by atoms with van der Waals surface area (Å²) in [5.41, 5.74) is 1.37. The first-order valence-electron chi connectivity index (χ1n) is 6.20. The number of aromatic nitrogens is 1. The van der Waals surface area contributed by atoms with Crippen molar-refractivity contribution in [1.29, 1.82) is 0 Å². The van der Waals surface area contributed by atoms with Crippen molar-refractivity contribution in [2.75, 3.05) is 25.6 Å². The number of amides is 1. The van der Waals surface area contributed by atoms with E-state index in [2.05, 4.69) is 15.6 Å². The predicted molar refractivity (Wildman–Crippen MR) is 71.8 cm³/mol. The van der Waals surface area contributed by atoms with E-state index in [0.29, 0.717) is 12.2 Å². The van der Waals surface area contributed by atoms with E-state index in [9.17, 15) is 4.79 Å². The van der Waals surface area contributed by atoms with Gasteiger partial charge in [-0.3, -0.25) is 9.78 Å². The summed E-state index contributed by atoms with van der Waals surface area (Å²) in [4.78, 5) is 16.2. The van der Waals surface area contributed by atoms with Gasteiger partial charge in [-0.1, -0.05) is 6.92 Å². The predicted octanol–water partition coefficient (Wildman–Crippen LogP) is 1.67. The third-order valence-electron chi connectivity index (χ3n) is 2.63. The van der Waals surface area contributed by atoms with Gasteiger partial charge in [-0.05, 0) is 19.4 Å². The number of hydrogen-bond donors (Lipinski definition) is 2. The molecule has 1 atom stereocenters. The molecule has 1 aromatic heterocycles. The van der Waals surface area contributed by atoms with Crippen LogP contribution in [0.1, 0.15) is 30.6 Å². The highest BCUT2D eigenvalue weighted by Gasteiger charge is 2.14. The summed E-state index contributed by atoms with van der Waals surface area (Å²) in [6.07, 6.45) is 4.11. The summed E-state index contributed by atoms with van der Waals surface area (Å²) < 4.78 is 5.07. The van der Waals surface area contributed by atoms with Crippen molar-refractivity contribution in [2.45, 2.75) is 26.3 Å². The highest BCUT2D eigenvalue weighted by Crippen LogP contribution is 2.13. The Morgan fingerprint density at radius 1 is 1.50 bits per heavy atom. The van der Waals surface area contributed by atoms with E-state index >= 15 is 0 Å².